The van der Waals surface area contributed by atoms with E-state index in [-0.39, 0.29) is 17.8 Å². The molecule has 0 aliphatic carbocycles. The Morgan fingerprint density at radius 2 is 2.19 bits per heavy atom. The average Bonchev–Trinajstić information content (AvgIpc) is 3.35. The maximum Gasteiger partial charge on any atom is 0.230 e. The van der Waals surface area contributed by atoms with E-state index in [1.165, 1.54) is 11.8 Å². The lowest BCUT2D eigenvalue weighted by Gasteiger charge is -2.12. The molecule has 0 saturated heterocycles. The molecule has 27 heavy (non-hydrogen) atoms. The van der Waals surface area contributed by atoms with Gasteiger partial charge >= 0.3 is 0 Å². The first-order valence-corrected chi connectivity index (χ1v) is 10.7. The fourth-order valence-electron chi connectivity index (χ4n) is 2.87. The van der Waals surface area contributed by atoms with Crippen LogP contribution in [-0.4, -0.2) is 34.3 Å². The predicted octanol–water partition coefficient (Wildman–Crippen LogP) is 4.07. The van der Waals surface area contributed by atoms with E-state index in [2.05, 4.69) is 32.8 Å². The van der Waals surface area contributed by atoms with Gasteiger partial charge in [0.1, 0.15) is 11.9 Å². The van der Waals surface area contributed by atoms with Crippen molar-refractivity contribution in [1.82, 2.24) is 15.3 Å². The maximum atomic E-state index is 12.1. The fourth-order valence-corrected chi connectivity index (χ4v) is 4.45. The molecule has 8 heteroatoms. The van der Waals surface area contributed by atoms with Crippen LogP contribution in [-0.2, 0) is 11.2 Å². The van der Waals surface area contributed by atoms with Crippen LogP contribution in [0.3, 0.4) is 0 Å². The minimum absolute atomic E-state index is 0.0722. The summed E-state index contributed by atoms with van der Waals surface area (Å²) in [5.41, 5.74) is 3.32. The van der Waals surface area contributed by atoms with Crippen molar-refractivity contribution in [2.75, 3.05) is 12.3 Å². The van der Waals surface area contributed by atoms with Gasteiger partial charge in [0, 0.05) is 24.4 Å². The van der Waals surface area contributed by atoms with Crippen LogP contribution in [0.25, 0.3) is 11.1 Å². The summed E-state index contributed by atoms with van der Waals surface area (Å²) in [6, 6.07) is 7.87. The second kappa shape index (κ2) is 8.29. The van der Waals surface area contributed by atoms with E-state index in [9.17, 15) is 4.79 Å². The molecule has 4 rings (SSSR count). The number of rotatable bonds is 6. The molecule has 0 fully saturated rings. The highest BCUT2D eigenvalue weighted by atomic mass is 35.5. The number of nitrogens with zero attached hydrogens (tertiary/aromatic N) is 2. The number of hydrogen-bond acceptors (Lipinski definition) is 6. The summed E-state index contributed by atoms with van der Waals surface area (Å²) in [5, 5.41) is 8.25. The topological polar surface area (TPSA) is 64.1 Å². The molecule has 0 bridgehead atoms. The standard InChI is InChI=1S/C19H16ClN3O2S2/c20-16-8-13(12-2-5-26-10-12)6-14-7-15(25-18(14)16)9-23-17(24)11-27-19-21-3-1-4-22-19/h1-6,8,10,15H,7,9,11H2,(H,23,24). The van der Waals surface area contributed by atoms with Crippen molar-refractivity contribution >= 4 is 40.6 Å². The first-order chi connectivity index (χ1) is 13.2. The lowest BCUT2D eigenvalue weighted by molar-refractivity contribution is -0.118. The van der Waals surface area contributed by atoms with E-state index in [4.69, 9.17) is 16.3 Å². The van der Waals surface area contributed by atoms with Crippen LogP contribution < -0.4 is 10.1 Å². The Bertz CT molecular complexity index is 936. The number of halogens is 1. The van der Waals surface area contributed by atoms with Gasteiger partial charge in [-0.05, 0) is 46.2 Å². The molecule has 0 spiro atoms. The molecule has 1 aromatic carbocycles. The number of thioether (sulfide) groups is 1. The van der Waals surface area contributed by atoms with Gasteiger partial charge < -0.3 is 10.1 Å². The lowest BCUT2D eigenvalue weighted by Crippen LogP contribution is -2.35. The van der Waals surface area contributed by atoms with Crippen molar-refractivity contribution < 1.29 is 9.53 Å². The molecule has 0 radical (unpaired) electrons. The van der Waals surface area contributed by atoms with Crippen molar-refractivity contribution in [3.8, 4) is 16.9 Å². The van der Waals surface area contributed by atoms with Crippen molar-refractivity contribution in [1.29, 1.82) is 0 Å². The first kappa shape index (κ1) is 18.3. The summed E-state index contributed by atoms with van der Waals surface area (Å²) in [6.45, 7) is 0.438. The summed E-state index contributed by atoms with van der Waals surface area (Å²) in [4.78, 5) is 20.2. The number of amides is 1. The largest absolute Gasteiger partial charge is 0.486 e. The van der Waals surface area contributed by atoms with Crippen LogP contribution in [0.4, 0.5) is 0 Å². The third-order valence-electron chi connectivity index (χ3n) is 4.11. The number of benzene rings is 1. The Labute approximate surface area is 170 Å². The number of fused-ring (bicyclic) bond motifs is 1. The molecule has 1 aliphatic rings. The minimum atomic E-state index is -0.114. The van der Waals surface area contributed by atoms with E-state index in [0.717, 1.165) is 28.9 Å². The van der Waals surface area contributed by atoms with Crippen LogP contribution >= 0.6 is 34.7 Å². The normalized spacial score (nSPS) is 15.2. The molecule has 2 aromatic heterocycles. The molecule has 1 N–H and O–H groups in total. The zero-order chi connectivity index (χ0) is 18.6. The quantitative estimate of drug-likeness (QED) is 0.483. The Kier molecular flexibility index (Phi) is 5.61. The van der Waals surface area contributed by atoms with E-state index in [1.807, 2.05) is 11.4 Å². The van der Waals surface area contributed by atoms with Gasteiger partial charge in [-0.1, -0.05) is 23.4 Å². The summed E-state index contributed by atoms with van der Waals surface area (Å²) in [6.07, 6.45) is 3.93. The van der Waals surface area contributed by atoms with Gasteiger partial charge in [-0.2, -0.15) is 11.3 Å². The first-order valence-electron chi connectivity index (χ1n) is 8.37. The van der Waals surface area contributed by atoms with Crippen molar-refractivity contribution in [2.45, 2.75) is 17.7 Å². The smallest absolute Gasteiger partial charge is 0.230 e. The molecule has 1 atom stereocenters. The molecule has 1 amide bonds. The highest BCUT2D eigenvalue weighted by molar-refractivity contribution is 7.99. The Morgan fingerprint density at radius 1 is 1.33 bits per heavy atom. The van der Waals surface area contributed by atoms with Crippen LogP contribution in [0.2, 0.25) is 5.02 Å². The molecule has 138 valence electrons. The van der Waals surface area contributed by atoms with Gasteiger partial charge in [-0.15, -0.1) is 0 Å². The number of nitrogens with one attached hydrogen (secondary N) is 1. The minimum Gasteiger partial charge on any atom is -0.486 e. The Hall–Kier alpha value is -2.09. The Balaban J connectivity index is 1.32. The van der Waals surface area contributed by atoms with Crippen molar-refractivity contribution in [2.24, 2.45) is 0 Å². The highest BCUT2D eigenvalue weighted by Crippen LogP contribution is 2.39. The summed E-state index contributed by atoms with van der Waals surface area (Å²) in [5.74, 6) is 0.922. The molecular weight excluding hydrogens is 402 g/mol. The van der Waals surface area contributed by atoms with Crippen molar-refractivity contribution in [3.63, 3.8) is 0 Å². The van der Waals surface area contributed by atoms with E-state index in [1.54, 1.807) is 29.8 Å². The Morgan fingerprint density at radius 3 is 2.96 bits per heavy atom. The second-order valence-corrected chi connectivity index (χ2v) is 8.16. The molecule has 5 nitrogen and oxygen atoms in total. The number of carbonyl (C=O) groups excluding carboxylic acids is 1. The van der Waals surface area contributed by atoms with Gasteiger partial charge in [-0.25, -0.2) is 9.97 Å². The third kappa shape index (κ3) is 4.43. The highest BCUT2D eigenvalue weighted by Gasteiger charge is 2.26. The zero-order valence-electron chi connectivity index (χ0n) is 14.2. The molecule has 3 aromatic rings. The summed E-state index contributed by atoms with van der Waals surface area (Å²) >= 11 is 9.37. The predicted molar refractivity (Wildman–Crippen MR) is 109 cm³/mol. The monoisotopic (exact) mass is 417 g/mol. The van der Waals surface area contributed by atoms with Gasteiger partial charge in [0.25, 0.3) is 0 Å². The van der Waals surface area contributed by atoms with E-state index >= 15 is 0 Å². The van der Waals surface area contributed by atoms with Crippen LogP contribution in [0.1, 0.15) is 5.56 Å². The van der Waals surface area contributed by atoms with Gasteiger partial charge in [0.05, 0.1) is 17.3 Å². The van der Waals surface area contributed by atoms with Crippen LogP contribution in [0, 0.1) is 0 Å². The third-order valence-corrected chi connectivity index (χ3v) is 5.95. The van der Waals surface area contributed by atoms with E-state index < -0.39 is 0 Å². The lowest BCUT2D eigenvalue weighted by atomic mass is 10.0. The average molecular weight is 418 g/mol. The summed E-state index contributed by atoms with van der Waals surface area (Å²) < 4.78 is 5.95. The number of ether oxygens (including phenoxy) is 1. The van der Waals surface area contributed by atoms with Crippen molar-refractivity contribution in [3.05, 3.63) is 58.0 Å². The molecular formula is C19H16ClN3O2S2. The maximum absolute atomic E-state index is 12.1. The SMILES string of the molecule is O=C(CSc1ncccn1)NCC1Cc2cc(-c3ccsc3)cc(Cl)c2O1. The molecule has 3 heterocycles. The van der Waals surface area contributed by atoms with Crippen LogP contribution in [0.15, 0.2) is 52.6 Å². The van der Waals surface area contributed by atoms with Gasteiger partial charge in [0.2, 0.25) is 5.91 Å². The molecule has 1 aliphatic heterocycles. The number of thiophene rings is 1. The number of aromatic nitrogens is 2. The second-order valence-electron chi connectivity index (χ2n) is 6.03. The summed E-state index contributed by atoms with van der Waals surface area (Å²) in [7, 11) is 0. The number of carbonyl (C=O) groups is 1. The zero-order valence-corrected chi connectivity index (χ0v) is 16.6. The van der Waals surface area contributed by atoms with E-state index in [0.29, 0.717) is 16.7 Å². The number of hydrogen-bond donors (Lipinski definition) is 1. The van der Waals surface area contributed by atoms with Gasteiger partial charge in [0.15, 0.2) is 5.16 Å². The van der Waals surface area contributed by atoms with Crippen LogP contribution in [0.5, 0.6) is 5.75 Å². The van der Waals surface area contributed by atoms with Gasteiger partial charge in [-0.3, -0.25) is 4.79 Å². The molecule has 1 unspecified atom stereocenters. The molecule has 0 saturated carbocycles. The fraction of sp³-hybridized carbons (Fsp3) is 0.211.